The topological polar surface area (TPSA) is 25.0 Å². The zero-order valence-electron chi connectivity index (χ0n) is 19.3. The van der Waals surface area contributed by atoms with Crippen molar-refractivity contribution in [3.63, 3.8) is 0 Å². The molecule has 2 unspecified atom stereocenters. The van der Waals surface area contributed by atoms with Crippen LogP contribution in [0.4, 0.5) is 5.69 Å². The third kappa shape index (κ3) is 4.19. The van der Waals surface area contributed by atoms with Crippen LogP contribution in [0.2, 0.25) is 0 Å². The standard InChI is InChI=1S/C27H37N5/c1-5-26-29(15-1)17-3-19-31(26)21-22-7-9-23(10-8-22)24-11-13-25(14-12-24)28-32-20-4-18-30-16-2-6-27(30)32/h7-14,26-28H,1-6,15-21H2. The lowest BCUT2D eigenvalue weighted by Gasteiger charge is -2.40. The van der Waals surface area contributed by atoms with Gasteiger partial charge in [0, 0.05) is 38.4 Å². The minimum absolute atomic E-state index is 0.576. The van der Waals surface area contributed by atoms with Crippen LogP contribution in [0.1, 0.15) is 44.1 Å². The number of nitrogens with one attached hydrogen (secondary N) is 1. The molecule has 0 aliphatic carbocycles. The first-order chi connectivity index (χ1) is 15.8. The third-order valence-corrected chi connectivity index (χ3v) is 8.01. The Kier molecular flexibility index (Phi) is 5.91. The molecule has 0 aromatic heterocycles. The Morgan fingerprint density at radius 1 is 0.625 bits per heavy atom. The van der Waals surface area contributed by atoms with Gasteiger partial charge in [-0.1, -0.05) is 36.4 Å². The highest BCUT2D eigenvalue weighted by molar-refractivity contribution is 5.66. The summed E-state index contributed by atoms with van der Waals surface area (Å²) in [5, 5.41) is 2.45. The van der Waals surface area contributed by atoms with Gasteiger partial charge in [0.15, 0.2) is 0 Å². The Morgan fingerprint density at radius 2 is 1.22 bits per heavy atom. The van der Waals surface area contributed by atoms with Crippen molar-refractivity contribution in [1.82, 2.24) is 19.7 Å². The van der Waals surface area contributed by atoms with Crippen molar-refractivity contribution >= 4 is 5.69 Å². The van der Waals surface area contributed by atoms with E-state index in [1.54, 1.807) is 0 Å². The lowest BCUT2D eigenvalue weighted by Crippen LogP contribution is -2.52. The molecule has 4 heterocycles. The molecule has 4 saturated heterocycles. The molecule has 4 aliphatic heterocycles. The number of hydrogen-bond donors (Lipinski definition) is 1. The van der Waals surface area contributed by atoms with E-state index < -0.39 is 0 Å². The van der Waals surface area contributed by atoms with E-state index in [9.17, 15) is 0 Å². The number of fused-ring (bicyclic) bond motifs is 2. The van der Waals surface area contributed by atoms with Crippen LogP contribution in [0.15, 0.2) is 48.5 Å². The fourth-order valence-electron chi connectivity index (χ4n) is 6.38. The SMILES string of the molecule is c1cc(-c2ccc(NN3CCCN4CCCC43)cc2)ccc1CN1CCCN2CCCC21. The molecule has 0 saturated carbocycles. The van der Waals surface area contributed by atoms with E-state index in [0.29, 0.717) is 12.3 Å². The van der Waals surface area contributed by atoms with Gasteiger partial charge in [0.1, 0.15) is 0 Å². The Hall–Kier alpha value is -1.92. The first kappa shape index (κ1) is 20.7. The lowest BCUT2D eigenvalue weighted by atomic mass is 10.0. The minimum Gasteiger partial charge on any atom is -0.317 e. The molecular formula is C27H37N5. The summed E-state index contributed by atoms with van der Waals surface area (Å²) in [7, 11) is 0. The molecule has 2 aromatic rings. The van der Waals surface area contributed by atoms with Gasteiger partial charge in [-0.05, 0) is 80.4 Å². The molecule has 4 fully saturated rings. The van der Waals surface area contributed by atoms with Crippen LogP contribution in [0.3, 0.4) is 0 Å². The summed E-state index contributed by atoms with van der Waals surface area (Å²) in [5.74, 6) is 0. The van der Waals surface area contributed by atoms with Crippen LogP contribution in [0.5, 0.6) is 0 Å². The maximum atomic E-state index is 3.69. The van der Waals surface area contributed by atoms with Crippen molar-refractivity contribution < 1.29 is 0 Å². The number of hydrazine groups is 1. The predicted molar refractivity (Wildman–Crippen MR) is 131 cm³/mol. The molecule has 5 heteroatoms. The highest BCUT2D eigenvalue weighted by Crippen LogP contribution is 2.29. The summed E-state index contributed by atoms with van der Waals surface area (Å²) < 4.78 is 0. The highest BCUT2D eigenvalue weighted by Gasteiger charge is 2.33. The largest absolute Gasteiger partial charge is 0.317 e. The molecule has 0 spiro atoms. The van der Waals surface area contributed by atoms with Crippen LogP contribution < -0.4 is 5.43 Å². The van der Waals surface area contributed by atoms with E-state index in [1.165, 1.54) is 93.6 Å². The number of hydrogen-bond acceptors (Lipinski definition) is 5. The van der Waals surface area contributed by atoms with Crippen LogP contribution >= 0.6 is 0 Å². The Morgan fingerprint density at radius 3 is 1.97 bits per heavy atom. The first-order valence-electron chi connectivity index (χ1n) is 12.8. The number of rotatable bonds is 5. The van der Waals surface area contributed by atoms with Crippen molar-refractivity contribution in [2.75, 3.05) is 44.7 Å². The Labute approximate surface area is 192 Å². The summed E-state index contributed by atoms with van der Waals surface area (Å²) >= 11 is 0. The predicted octanol–water partition coefficient (Wildman–Crippen LogP) is 4.44. The molecule has 2 aromatic carbocycles. The molecule has 2 atom stereocenters. The van der Waals surface area contributed by atoms with Gasteiger partial charge in [-0.3, -0.25) is 14.7 Å². The van der Waals surface area contributed by atoms with E-state index in [-0.39, 0.29) is 0 Å². The third-order valence-electron chi connectivity index (χ3n) is 8.01. The van der Waals surface area contributed by atoms with Crippen LogP contribution in [-0.4, -0.2) is 71.3 Å². The number of anilines is 1. The molecular weight excluding hydrogens is 394 g/mol. The van der Waals surface area contributed by atoms with Gasteiger partial charge in [0.05, 0.1) is 12.3 Å². The van der Waals surface area contributed by atoms with Gasteiger partial charge in [-0.15, -0.1) is 0 Å². The van der Waals surface area contributed by atoms with E-state index in [4.69, 9.17) is 0 Å². The van der Waals surface area contributed by atoms with Crippen LogP contribution in [0, 0.1) is 0 Å². The van der Waals surface area contributed by atoms with Gasteiger partial charge in [-0.2, -0.15) is 0 Å². The smallest absolute Gasteiger partial charge is 0.0806 e. The van der Waals surface area contributed by atoms with Gasteiger partial charge in [0.25, 0.3) is 0 Å². The molecule has 0 bridgehead atoms. The zero-order chi connectivity index (χ0) is 21.3. The minimum atomic E-state index is 0.576. The van der Waals surface area contributed by atoms with Crippen LogP contribution in [-0.2, 0) is 6.54 Å². The van der Waals surface area contributed by atoms with Crippen LogP contribution in [0.25, 0.3) is 11.1 Å². The monoisotopic (exact) mass is 431 g/mol. The second kappa shape index (κ2) is 9.14. The van der Waals surface area contributed by atoms with Gasteiger partial charge in [-0.25, -0.2) is 5.01 Å². The van der Waals surface area contributed by atoms with Crippen molar-refractivity contribution in [1.29, 1.82) is 0 Å². The molecule has 170 valence electrons. The van der Waals surface area contributed by atoms with E-state index in [2.05, 4.69) is 73.7 Å². The number of benzene rings is 2. The van der Waals surface area contributed by atoms with Gasteiger partial charge >= 0.3 is 0 Å². The van der Waals surface area contributed by atoms with E-state index in [0.717, 1.165) is 13.1 Å². The second-order valence-electron chi connectivity index (χ2n) is 10.1. The molecule has 4 aliphatic rings. The first-order valence-corrected chi connectivity index (χ1v) is 12.8. The van der Waals surface area contributed by atoms with Gasteiger partial charge in [0.2, 0.25) is 0 Å². The second-order valence-corrected chi connectivity index (χ2v) is 10.1. The fourth-order valence-corrected chi connectivity index (χ4v) is 6.38. The summed E-state index contributed by atoms with van der Waals surface area (Å²) in [6.07, 6.45) is 9.14. The normalized spacial score (nSPS) is 27.4. The summed E-state index contributed by atoms with van der Waals surface area (Å²) in [4.78, 5) is 8.00. The number of nitrogens with zero attached hydrogens (tertiary/aromatic N) is 4. The van der Waals surface area contributed by atoms with Crippen molar-refractivity contribution in [2.24, 2.45) is 0 Å². The molecule has 0 amide bonds. The van der Waals surface area contributed by atoms with Crippen molar-refractivity contribution in [3.05, 3.63) is 54.1 Å². The van der Waals surface area contributed by atoms with Crippen molar-refractivity contribution in [2.45, 2.75) is 57.4 Å². The maximum Gasteiger partial charge on any atom is 0.0806 e. The average Bonchev–Trinajstić information content (AvgIpc) is 3.51. The molecule has 5 nitrogen and oxygen atoms in total. The lowest BCUT2D eigenvalue weighted by molar-refractivity contribution is 0.0287. The quantitative estimate of drug-likeness (QED) is 0.755. The Bertz CT molecular complexity index is 820. The molecule has 6 rings (SSSR count). The van der Waals surface area contributed by atoms with E-state index in [1.807, 2.05) is 0 Å². The fraction of sp³-hybridized carbons (Fsp3) is 0.556. The maximum absolute atomic E-state index is 3.69. The molecule has 1 N–H and O–H groups in total. The molecule has 32 heavy (non-hydrogen) atoms. The highest BCUT2D eigenvalue weighted by atomic mass is 15.6. The summed E-state index contributed by atoms with van der Waals surface area (Å²) in [6.45, 7) is 8.57. The van der Waals surface area contributed by atoms with Gasteiger partial charge < -0.3 is 5.43 Å². The average molecular weight is 432 g/mol. The Balaban J connectivity index is 1.08. The summed E-state index contributed by atoms with van der Waals surface area (Å²) in [5.41, 5.74) is 8.92. The molecule has 0 radical (unpaired) electrons. The van der Waals surface area contributed by atoms with E-state index >= 15 is 0 Å². The zero-order valence-corrected chi connectivity index (χ0v) is 19.3. The van der Waals surface area contributed by atoms with Crippen molar-refractivity contribution in [3.8, 4) is 11.1 Å². The summed E-state index contributed by atoms with van der Waals surface area (Å²) in [6, 6.07) is 18.3.